The predicted octanol–water partition coefficient (Wildman–Crippen LogP) is 4.79. The Bertz CT molecular complexity index is 1440. The van der Waals surface area contributed by atoms with Crippen LogP contribution in [0, 0.1) is 5.92 Å². The number of nitrogens with zero attached hydrogens (tertiary/aromatic N) is 3. The highest BCUT2D eigenvalue weighted by atomic mass is 19.1. The van der Waals surface area contributed by atoms with E-state index in [-0.39, 0.29) is 42.9 Å². The topological polar surface area (TPSA) is 107 Å². The van der Waals surface area contributed by atoms with E-state index in [2.05, 4.69) is 0 Å². The quantitative estimate of drug-likeness (QED) is 0.349. The molecule has 1 aliphatic carbocycles. The number of aliphatic hydroxyl groups excluding tert-OH is 1. The SMILES string of the molecule is CC1C=C(C[C@H](C(=O)N2CCC(O)CC2)N(C)C(=O)[C@@H](Cc2ccc3ccccc3c2)N(C)C(=O)CCCC(C)(C)N)C=CC1F. The van der Waals surface area contributed by atoms with Gasteiger partial charge >= 0.3 is 0 Å². The number of fused-ring (bicyclic) bond motifs is 1. The molecule has 46 heavy (non-hydrogen) atoms. The molecule has 9 heteroatoms. The number of hydrogen-bond acceptors (Lipinski definition) is 5. The zero-order chi connectivity index (χ0) is 33.6. The summed E-state index contributed by atoms with van der Waals surface area (Å²) in [5.41, 5.74) is 7.44. The molecule has 4 rings (SSSR count). The van der Waals surface area contributed by atoms with E-state index < -0.39 is 29.9 Å². The molecule has 1 saturated heterocycles. The van der Waals surface area contributed by atoms with Gasteiger partial charge in [0.15, 0.2) is 0 Å². The maximum atomic E-state index is 14.5. The molecule has 3 amide bonds. The molecule has 2 unspecified atom stereocenters. The number of hydrogen-bond donors (Lipinski definition) is 2. The molecular formula is C37H51FN4O4. The number of piperidine rings is 1. The van der Waals surface area contributed by atoms with E-state index in [4.69, 9.17) is 5.73 Å². The average Bonchev–Trinajstić information content (AvgIpc) is 3.02. The van der Waals surface area contributed by atoms with Gasteiger partial charge in [-0.3, -0.25) is 14.4 Å². The summed E-state index contributed by atoms with van der Waals surface area (Å²) in [4.78, 5) is 46.8. The van der Waals surface area contributed by atoms with Gasteiger partial charge in [0.1, 0.15) is 18.3 Å². The highest BCUT2D eigenvalue weighted by molar-refractivity contribution is 5.92. The van der Waals surface area contributed by atoms with E-state index in [0.29, 0.717) is 38.8 Å². The van der Waals surface area contributed by atoms with E-state index in [9.17, 15) is 23.9 Å². The lowest BCUT2D eigenvalue weighted by atomic mass is 9.91. The van der Waals surface area contributed by atoms with Crippen LogP contribution in [0.15, 0.2) is 66.3 Å². The van der Waals surface area contributed by atoms with Gasteiger partial charge in [0.05, 0.1) is 6.10 Å². The van der Waals surface area contributed by atoms with E-state index in [1.807, 2.05) is 62.4 Å². The Hall–Kier alpha value is -3.56. The Labute approximate surface area is 273 Å². The number of likely N-dealkylation sites (N-methyl/N-ethyl adjacent to an activating group) is 2. The normalized spacial score (nSPS) is 20.3. The number of alkyl halides is 1. The number of benzene rings is 2. The van der Waals surface area contributed by atoms with Crippen molar-refractivity contribution in [3.05, 3.63) is 71.8 Å². The van der Waals surface area contributed by atoms with Crippen molar-refractivity contribution in [2.24, 2.45) is 11.7 Å². The lowest BCUT2D eigenvalue weighted by Crippen LogP contribution is -2.57. The van der Waals surface area contributed by atoms with Gasteiger partial charge in [-0.05, 0) is 67.5 Å². The molecule has 8 nitrogen and oxygen atoms in total. The minimum absolute atomic E-state index is 0.162. The summed E-state index contributed by atoms with van der Waals surface area (Å²) in [5, 5.41) is 12.2. The van der Waals surface area contributed by atoms with Gasteiger partial charge in [-0.1, -0.05) is 61.5 Å². The standard InChI is InChI=1S/C37H51FN4O4/c1-25-21-26(13-15-31(25)38)23-33(36(46)42-19-16-30(43)17-20-42)41(5)35(45)32(40(4)34(44)11-8-18-37(2,3)39)24-27-12-14-28-9-6-7-10-29(28)22-27/h6-7,9-10,12-15,21-22,25,30-33,43H,8,11,16-20,23-24,39H2,1-5H3/t25?,31?,32-,33-/m1/s1. The summed E-state index contributed by atoms with van der Waals surface area (Å²) >= 11 is 0. The number of nitrogens with two attached hydrogens (primary N) is 1. The third-order valence-electron chi connectivity index (χ3n) is 9.38. The molecule has 1 aliphatic heterocycles. The molecule has 2 aliphatic rings. The molecule has 250 valence electrons. The Morgan fingerprint density at radius 3 is 2.35 bits per heavy atom. The molecule has 1 fully saturated rings. The molecule has 0 saturated carbocycles. The zero-order valence-corrected chi connectivity index (χ0v) is 28.0. The molecule has 2 aromatic carbocycles. The zero-order valence-electron chi connectivity index (χ0n) is 28.0. The first kappa shape index (κ1) is 35.3. The van der Waals surface area contributed by atoms with Gasteiger partial charge in [0.2, 0.25) is 17.7 Å². The van der Waals surface area contributed by atoms with Crippen molar-refractivity contribution in [1.29, 1.82) is 0 Å². The minimum Gasteiger partial charge on any atom is -0.393 e. The molecule has 2 aromatic rings. The van der Waals surface area contributed by atoms with Crippen molar-refractivity contribution in [3.63, 3.8) is 0 Å². The maximum Gasteiger partial charge on any atom is 0.246 e. The highest BCUT2D eigenvalue weighted by Gasteiger charge is 2.38. The molecule has 4 atom stereocenters. The van der Waals surface area contributed by atoms with Gasteiger partial charge in [-0.25, -0.2) is 4.39 Å². The van der Waals surface area contributed by atoms with Crippen LogP contribution < -0.4 is 5.73 Å². The second kappa shape index (κ2) is 15.4. The van der Waals surface area contributed by atoms with Crippen LogP contribution in [0.1, 0.15) is 64.9 Å². The number of rotatable bonds is 12. The minimum atomic E-state index is -1.10. The highest BCUT2D eigenvalue weighted by Crippen LogP contribution is 2.27. The Balaban J connectivity index is 1.64. The third kappa shape index (κ3) is 9.26. The lowest BCUT2D eigenvalue weighted by Gasteiger charge is -2.38. The van der Waals surface area contributed by atoms with Crippen LogP contribution in [0.2, 0.25) is 0 Å². The van der Waals surface area contributed by atoms with Crippen LogP contribution in [-0.2, 0) is 20.8 Å². The van der Waals surface area contributed by atoms with Crippen molar-refractivity contribution in [2.45, 2.75) is 95.6 Å². The van der Waals surface area contributed by atoms with E-state index >= 15 is 0 Å². The van der Waals surface area contributed by atoms with Crippen LogP contribution in [0.3, 0.4) is 0 Å². The molecule has 0 spiro atoms. The molecule has 1 heterocycles. The summed E-state index contributed by atoms with van der Waals surface area (Å²) in [5.74, 6) is -1.05. The Kier molecular flexibility index (Phi) is 11.8. The van der Waals surface area contributed by atoms with Crippen molar-refractivity contribution < 1.29 is 23.9 Å². The largest absolute Gasteiger partial charge is 0.393 e. The Morgan fingerprint density at radius 1 is 1.02 bits per heavy atom. The first-order chi connectivity index (χ1) is 21.7. The number of amides is 3. The van der Waals surface area contributed by atoms with Crippen LogP contribution in [-0.4, -0.2) is 94.6 Å². The van der Waals surface area contributed by atoms with Crippen molar-refractivity contribution in [3.8, 4) is 0 Å². The monoisotopic (exact) mass is 634 g/mol. The fraction of sp³-hybridized carbons (Fsp3) is 0.541. The lowest BCUT2D eigenvalue weighted by molar-refractivity contribution is -0.150. The van der Waals surface area contributed by atoms with Crippen LogP contribution >= 0.6 is 0 Å². The van der Waals surface area contributed by atoms with Gasteiger partial charge in [-0.15, -0.1) is 0 Å². The second-order valence-corrected chi connectivity index (χ2v) is 13.9. The summed E-state index contributed by atoms with van der Waals surface area (Å²) < 4.78 is 14.3. The van der Waals surface area contributed by atoms with Crippen molar-refractivity contribution in [1.82, 2.24) is 14.7 Å². The summed E-state index contributed by atoms with van der Waals surface area (Å²) in [6, 6.07) is 12.3. The summed E-state index contributed by atoms with van der Waals surface area (Å²) in [6.07, 6.45) is 6.42. The molecule has 0 radical (unpaired) electrons. The van der Waals surface area contributed by atoms with Gasteiger partial charge in [0.25, 0.3) is 0 Å². The summed E-state index contributed by atoms with van der Waals surface area (Å²) in [6.45, 7) is 6.43. The van der Waals surface area contributed by atoms with Crippen LogP contribution in [0.5, 0.6) is 0 Å². The predicted molar refractivity (Wildman–Crippen MR) is 181 cm³/mol. The molecule has 3 N–H and O–H groups in total. The average molecular weight is 635 g/mol. The fourth-order valence-electron chi connectivity index (χ4n) is 6.34. The first-order valence-electron chi connectivity index (χ1n) is 16.5. The third-order valence-corrected chi connectivity index (χ3v) is 9.38. The smallest absolute Gasteiger partial charge is 0.246 e. The van der Waals surface area contributed by atoms with Crippen LogP contribution in [0.4, 0.5) is 4.39 Å². The molecule has 0 aromatic heterocycles. The van der Waals surface area contributed by atoms with Gasteiger partial charge in [-0.2, -0.15) is 0 Å². The number of likely N-dealkylation sites (tertiary alicyclic amines) is 1. The van der Waals surface area contributed by atoms with Crippen LogP contribution in [0.25, 0.3) is 10.8 Å². The number of carbonyl (C=O) groups is 3. The number of carbonyl (C=O) groups excluding carboxylic acids is 3. The molecular weight excluding hydrogens is 583 g/mol. The molecule has 0 bridgehead atoms. The van der Waals surface area contributed by atoms with E-state index in [0.717, 1.165) is 21.9 Å². The van der Waals surface area contributed by atoms with Crippen molar-refractivity contribution in [2.75, 3.05) is 27.2 Å². The first-order valence-corrected chi connectivity index (χ1v) is 16.5. The second-order valence-electron chi connectivity index (χ2n) is 13.9. The summed E-state index contributed by atoms with van der Waals surface area (Å²) in [7, 11) is 3.28. The number of allylic oxidation sites excluding steroid dienone is 3. The van der Waals surface area contributed by atoms with Crippen molar-refractivity contribution >= 4 is 28.5 Å². The number of halogens is 1. The number of aliphatic hydroxyl groups is 1. The van der Waals surface area contributed by atoms with E-state index in [1.165, 1.54) is 15.9 Å². The van der Waals surface area contributed by atoms with Gasteiger partial charge < -0.3 is 25.5 Å². The fourth-order valence-corrected chi connectivity index (χ4v) is 6.34. The maximum absolute atomic E-state index is 14.5. The Morgan fingerprint density at radius 2 is 1.70 bits per heavy atom. The van der Waals surface area contributed by atoms with E-state index in [1.54, 1.807) is 32.0 Å². The van der Waals surface area contributed by atoms with Gasteiger partial charge in [0, 0.05) is 57.9 Å².